The molecule has 3 aliphatic rings. The normalized spacial score (nSPS) is 29.6. The van der Waals surface area contributed by atoms with Crippen molar-refractivity contribution in [3.63, 3.8) is 0 Å². The average Bonchev–Trinajstić information content (AvgIpc) is 3.58. The topological polar surface area (TPSA) is 106 Å². The van der Waals surface area contributed by atoms with Crippen LogP contribution in [0.4, 0.5) is 0 Å². The molecule has 1 aromatic carbocycles. The summed E-state index contributed by atoms with van der Waals surface area (Å²) in [6.45, 7) is 2.41. The molecule has 4 atom stereocenters. The Labute approximate surface area is 202 Å². The summed E-state index contributed by atoms with van der Waals surface area (Å²) in [5, 5.41) is 10.2. The summed E-state index contributed by atoms with van der Waals surface area (Å²) in [6.07, 6.45) is 6.31. The molecule has 180 valence electrons. The van der Waals surface area contributed by atoms with Crippen LogP contribution in [0.3, 0.4) is 0 Å². The van der Waals surface area contributed by atoms with Crippen LogP contribution in [-0.4, -0.2) is 74.0 Å². The van der Waals surface area contributed by atoms with Crippen molar-refractivity contribution in [1.82, 2.24) is 25.0 Å². The van der Waals surface area contributed by atoms with E-state index in [2.05, 4.69) is 22.4 Å². The van der Waals surface area contributed by atoms with E-state index >= 15 is 0 Å². The van der Waals surface area contributed by atoms with Gasteiger partial charge in [-0.2, -0.15) is 0 Å². The van der Waals surface area contributed by atoms with E-state index < -0.39 is 23.6 Å². The Morgan fingerprint density at radius 1 is 1.18 bits per heavy atom. The zero-order valence-electron chi connectivity index (χ0n) is 19.0. The number of fused-ring (bicyclic) bond motifs is 1. The van der Waals surface area contributed by atoms with Gasteiger partial charge in [0.05, 0.1) is 5.38 Å². The van der Waals surface area contributed by atoms with Crippen molar-refractivity contribution in [3.05, 3.63) is 42.5 Å². The van der Waals surface area contributed by atoms with Crippen molar-refractivity contribution in [2.24, 2.45) is 11.8 Å². The summed E-state index contributed by atoms with van der Waals surface area (Å²) >= 11 is 6.42. The van der Waals surface area contributed by atoms with E-state index in [0.29, 0.717) is 11.5 Å². The fourth-order valence-corrected chi connectivity index (χ4v) is 5.73. The molecule has 1 N–H and O–H groups in total. The van der Waals surface area contributed by atoms with Crippen LogP contribution in [0.1, 0.15) is 43.0 Å². The van der Waals surface area contributed by atoms with Crippen LogP contribution in [0.2, 0.25) is 0 Å². The molecular formula is C24H28ClN5O4. The first-order valence-corrected chi connectivity index (χ1v) is 12.2. The predicted octanol–water partition coefficient (Wildman–Crippen LogP) is 1.98. The molecule has 0 unspecified atom stereocenters. The van der Waals surface area contributed by atoms with Gasteiger partial charge in [0, 0.05) is 17.8 Å². The molecule has 2 amide bonds. The summed E-state index contributed by atoms with van der Waals surface area (Å²) in [7, 11) is 0. The predicted molar refractivity (Wildman–Crippen MR) is 124 cm³/mol. The Hall–Kier alpha value is -2.78. The van der Waals surface area contributed by atoms with Crippen LogP contribution in [-0.2, 0) is 14.3 Å². The first-order chi connectivity index (χ1) is 16.4. The number of rotatable bonds is 5. The SMILES string of the molecule is CC1CCC([C@H](NC(=O)c2cccc(-n3cnnc3)c2)C(=O)N2C[C@H](Cl)[C@H]3OCC(=O)[C@H]32)CC1. The number of halogens is 1. The fraction of sp³-hybridized carbons (Fsp3) is 0.542. The molecule has 3 heterocycles. The van der Waals surface area contributed by atoms with E-state index in [9.17, 15) is 14.4 Å². The van der Waals surface area contributed by atoms with Crippen molar-refractivity contribution >= 4 is 29.2 Å². The molecule has 0 spiro atoms. The molecule has 2 saturated heterocycles. The van der Waals surface area contributed by atoms with Crippen LogP contribution in [0.5, 0.6) is 0 Å². The van der Waals surface area contributed by atoms with Crippen LogP contribution >= 0.6 is 11.6 Å². The minimum atomic E-state index is -0.727. The van der Waals surface area contributed by atoms with Gasteiger partial charge in [-0.15, -0.1) is 21.8 Å². The summed E-state index contributed by atoms with van der Waals surface area (Å²) in [5.41, 5.74) is 1.18. The number of benzene rings is 1. The quantitative estimate of drug-likeness (QED) is 0.649. The number of likely N-dealkylation sites (tertiary alicyclic amines) is 1. The van der Waals surface area contributed by atoms with Gasteiger partial charge in [-0.05, 0) is 42.9 Å². The molecule has 0 radical (unpaired) electrons. The maximum Gasteiger partial charge on any atom is 0.252 e. The number of aromatic nitrogens is 3. The highest BCUT2D eigenvalue weighted by molar-refractivity contribution is 6.22. The van der Waals surface area contributed by atoms with Crippen LogP contribution in [0.25, 0.3) is 5.69 Å². The standard InChI is InChI=1S/C24H28ClN5O4/c1-14-5-7-15(8-6-14)20(24(33)30-10-18(25)22-21(30)19(31)11-34-22)28-23(32)16-3-2-4-17(9-16)29-12-26-27-13-29/h2-4,9,12-15,18,20-22H,5-8,10-11H2,1H3,(H,28,32)/t14?,15?,18-,20-,21+,22+/m0/s1. The van der Waals surface area contributed by atoms with E-state index in [1.807, 2.05) is 6.07 Å². The van der Waals surface area contributed by atoms with Crippen LogP contribution in [0.15, 0.2) is 36.9 Å². The molecule has 9 nitrogen and oxygen atoms in total. The third-order valence-electron chi connectivity index (χ3n) is 7.32. The van der Waals surface area contributed by atoms with E-state index in [-0.39, 0.29) is 36.7 Å². The number of hydrogen-bond donors (Lipinski definition) is 1. The Bertz CT molecular complexity index is 1070. The second-order valence-corrected chi connectivity index (χ2v) is 10.1. The van der Waals surface area contributed by atoms with Gasteiger partial charge < -0.3 is 15.0 Å². The van der Waals surface area contributed by atoms with Crippen LogP contribution in [0, 0.1) is 11.8 Å². The number of ketones is 1. The summed E-state index contributed by atoms with van der Waals surface area (Å²) in [4.78, 5) is 41.1. The highest BCUT2D eigenvalue weighted by Crippen LogP contribution is 2.35. The lowest BCUT2D eigenvalue weighted by atomic mass is 9.78. The lowest BCUT2D eigenvalue weighted by Gasteiger charge is -2.35. The third kappa shape index (κ3) is 4.34. The Balaban J connectivity index is 1.39. The highest BCUT2D eigenvalue weighted by Gasteiger charge is 2.53. The summed E-state index contributed by atoms with van der Waals surface area (Å²) < 4.78 is 7.25. The van der Waals surface area contributed by atoms with Gasteiger partial charge in [-0.25, -0.2) is 0 Å². The average molecular weight is 486 g/mol. The van der Waals surface area contributed by atoms with Crippen molar-refractivity contribution in [2.45, 2.75) is 56.2 Å². The molecule has 3 fully saturated rings. The third-order valence-corrected chi connectivity index (χ3v) is 7.70. The highest BCUT2D eigenvalue weighted by atomic mass is 35.5. The largest absolute Gasteiger partial charge is 0.366 e. The van der Waals surface area contributed by atoms with Crippen molar-refractivity contribution in [3.8, 4) is 5.69 Å². The number of carbonyl (C=O) groups is 3. The number of alkyl halides is 1. The lowest BCUT2D eigenvalue weighted by Crippen LogP contribution is -2.55. The fourth-order valence-electron chi connectivity index (χ4n) is 5.37. The Kier molecular flexibility index (Phi) is 6.40. The zero-order valence-corrected chi connectivity index (χ0v) is 19.7. The van der Waals surface area contributed by atoms with E-state index in [1.54, 1.807) is 35.4 Å². The summed E-state index contributed by atoms with van der Waals surface area (Å²) in [5.74, 6) is -0.125. The number of carbonyl (C=O) groups excluding carboxylic acids is 3. The molecule has 2 aliphatic heterocycles. The van der Waals surface area contributed by atoms with E-state index in [4.69, 9.17) is 16.3 Å². The van der Waals surface area contributed by atoms with Crippen molar-refractivity contribution in [1.29, 1.82) is 0 Å². The van der Waals surface area contributed by atoms with Gasteiger partial charge >= 0.3 is 0 Å². The Morgan fingerprint density at radius 3 is 2.65 bits per heavy atom. The maximum absolute atomic E-state index is 13.8. The Morgan fingerprint density at radius 2 is 1.91 bits per heavy atom. The molecule has 1 aromatic heterocycles. The monoisotopic (exact) mass is 485 g/mol. The molecule has 5 rings (SSSR count). The van der Waals surface area contributed by atoms with Gasteiger partial charge in [-0.1, -0.05) is 25.8 Å². The number of Topliss-reactive ketones (excluding diaryl/α,β-unsaturated/α-hetero) is 1. The van der Waals surface area contributed by atoms with E-state index in [1.165, 1.54) is 4.90 Å². The maximum atomic E-state index is 13.8. The van der Waals surface area contributed by atoms with Gasteiger partial charge in [0.1, 0.15) is 37.4 Å². The van der Waals surface area contributed by atoms with Gasteiger partial charge in [-0.3, -0.25) is 19.0 Å². The molecule has 10 heteroatoms. The van der Waals surface area contributed by atoms with Crippen molar-refractivity contribution < 1.29 is 19.1 Å². The minimum Gasteiger partial charge on any atom is -0.366 e. The first-order valence-electron chi connectivity index (χ1n) is 11.8. The number of ether oxygens (including phenoxy) is 1. The number of hydrogen-bond acceptors (Lipinski definition) is 6. The zero-order chi connectivity index (χ0) is 23.8. The second-order valence-electron chi connectivity index (χ2n) is 9.58. The van der Waals surface area contributed by atoms with Crippen molar-refractivity contribution in [2.75, 3.05) is 13.2 Å². The van der Waals surface area contributed by atoms with E-state index in [0.717, 1.165) is 31.4 Å². The number of amides is 2. The smallest absolute Gasteiger partial charge is 0.252 e. The molecule has 1 saturated carbocycles. The lowest BCUT2D eigenvalue weighted by molar-refractivity contribution is -0.139. The molecule has 34 heavy (non-hydrogen) atoms. The van der Waals surface area contributed by atoms with Crippen LogP contribution < -0.4 is 5.32 Å². The minimum absolute atomic E-state index is 0.000990. The molecule has 1 aliphatic carbocycles. The van der Waals surface area contributed by atoms with Gasteiger partial charge in [0.2, 0.25) is 5.91 Å². The first kappa shape index (κ1) is 23.0. The second kappa shape index (κ2) is 9.46. The van der Waals surface area contributed by atoms with Gasteiger partial charge in [0.25, 0.3) is 5.91 Å². The molecule has 2 aromatic rings. The molecule has 0 bridgehead atoms. The summed E-state index contributed by atoms with van der Waals surface area (Å²) in [6, 6.07) is 5.67. The van der Waals surface area contributed by atoms with Gasteiger partial charge in [0.15, 0.2) is 5.78 Å². The number of nitrogens with one attached hydrogen (secondary N) is 1. The number of nitrogens with zero attached hydrogens (tertiary/aromatic N) is 4. The molecular weight excluding hydrogens is 458 g/mol.